The van der Waals surface area contributed by atoms with Crippen molar-refractivity contribution in [3.8, 4) is 0 Å². The van der Waals surface area contributed by atoms with Crippen molar-refractivity contribution in [1.29, 1.82) is 0 Å². The summed E-state index contributed by atoms with van der Waals surface area (Å²) in [7, 11) is 0. The molecule has 0 bridgehead atoms. The van der Waals surface area contributed by atoms with Crippen LogP contribution < -0.4 is 0 Å². The van der Waals surface area contributed by atoms with E-state index in [1.54, 1.807) is 0 Å². The Morgan fingerprint density at radius 3 is 3.06 bits per heavy atom. The standard InChI is InChI=1S/C13H17BrN2OS/c14-7-9-6-13(17)16(8-9)5-4-12-15-10-2-1-3-11(10)18-12/h9H,1-8H2. The molecule has 1 unspecified atom stereocenters. The average molecular weight is 329 g/mol. The fourth-order valence-corrected chi connectivity index (χ4v) is 4.33. The third-order valence-electron chi connectivity index (χ3n) is 3.75. The van der Waals surface area contributed by atoms with Crippen molar-refractivity contribution in [3.63, 3.8) is 0 Å². The molecule has 0 saturated carbocycles. The molecule has 0 spiro atoms. The zero-order valence-corrected chi connectivity index (χ0v) is 12.7. The van der Waals surface area contributed by atoms with Gasteiger partial charge < -0.3 is 4.90 Å². The fourth-order valence-electron chi connectivity index (χ4n) is 2.75. The summed E-state index contributed by atoms with van der Waals surface area (Å²) in [4.78, 5) is 20.0. The van der Waals surface area contributed by atoms with Gasteiger partial charge in [-0.2, -0.15) is 0 Å². The van der Waals surface area contributed by atoms with Crippen molar-refractivity contribution < 1.29 is 4.79 Å². The van der Waals surface area contributed by atoms with Gasteiger partial charge in [0.05, 0.1) is 10.7 Å². The van der Waals surface area contributed by atoms with E-state index in [0.29, 0.717) is 18.2 Å². The van der Waals surface area contributed by atoms with Crippen LogP contribution in [0.1, 0.15) is 28.4 Å². The molecule has 1 aromatic heterocycles. The number of hydrogen-bond acceptors (Lipinski definition) is 3. The lowest BCUT2D eigenvalue weighted by Gasteiger charge is -2.15. The molecule has 1 amide bonds. The summed E-state index contributed by atoms with van der Waals surface area (Å²) in [6.07, 6.45) is 5.27. The van der Waals surface area contributed by atoms with Crippen molar-refractivity contribution in [2.45, 2.75) is 32.1 Å². The Hall–Kier alpha value is -0.420. The first kappa shape index (κ1) is 12.6. The first-order valence-corrected chi connectivity index (χ1v) is 8.51. The molecule has 1 atom stereocenters. The van der Waals surface area contributed by atoms with E-state index in [-0.39, 0.29) is 0 Å². The van der Waals surface area contributed by atoms with Gasteiger partial charge in [0.25, 0.3) is 0 Å². The Morgan fingerprint density at radius 2 is 2.33 bits per heavy atom. The van der Waals surface area contributed by atoms with Crippen LogP contribution in [-0.4, -0.2) is 34.2 Å². The topological polar surface area (TPSA) is 33.2 Å². The van der Waals surface area contributed by atoms with Crippen LogP contribution in [0.5, 0.6) is 0 Å². The summed E-state index contributed by atoms with van der Waals surface area (Å²) in [5.41, 5.74) is 1.32. The van der Waals surface area contributed by atoms with E-state index in [2.05, 4.69) is 20.9 Å². The van der Waals surface area contributed by atoms with E-state index in [9.17, 15) is 4.79 Å². The van der Waals surface area contributed by atoms with Gasteiger partial charge in [-0.1, -0.05) is 15.9 Å². The molecule has 2 heterocycles. The van der Waals surface area contributed by atoms with Crippen LogP contribution in [0.15, 0.2) is 0 Å². The van der Waals surface area contributed by atoms with E-state index in [1.807, 2.05) is 16.2 Å². The van der Waals surface area contributed by atoms with Gasteiger partial charge in [-0.05, 0) is 25.2 Å². The smallest absolute Gasteiger partial charge is 0.222 e. The summed E-state index contributed by atoms with van der Waals surface area (Å²) in [6.45, 7) is 1.75. The Kier molecular flexibility index (Phi) is 3.71. The minimum Gasteiger partial charge on any atom is -0.342 e. The average Bonchev–Trinajstić information content (AvgIpc) is 3.00. The molecule has 0 radical (unpaired) electrons. The predicted molar refractivity (Wildman–Crippen MR) is 76.3 cm³/mol. The lowest BCUT2D eigenvalue weighted by atomic mass is 10.2. The normalized spacial score (nSPS) is 22.8. The van der Waals surface area contributed by atoms with Crippen molar-refractivity contribution in [1.82, 2.24) is 9.88 Å². The minimum absolute atomic E-state index is 0.309. The van der Waals surface area contributed by atoms with Gasteiger partial charge in [0.2, 0.25) is 5.91 Å². The molecular formula is C13H17BrN2OS. The molecule has 1 fully saturated rings. The summed E-state index contributed by atoms with van der Waals surface area (Å²) in [5.74, 6) is 0.808. The number of carbonyl (C=O) groups is 1. The molecule has 18 heavy (non-hydrogen) atoms. The Balaban J connectivity index is 1.56. The number of aryl methyl sites for hydroxylation is 2. The van der Waals surface area contributed by atoms with Gasteiger partial charge >= 0.3 is 0 Å². The Labute approximate surface area is 120 Å². The van der Waals surface area contributed by atoms with Crippen LogP contribution in [0.2, 0.25) is 0 Å². The van der Waals surface area contributed by atoms with Gasteiger partial charge in [0, 0.05) is 36.1 Å². The fraction of sp³-hybridized carbons (Fsp3) is 0.692. The number of nitrogens with zero attached hydrogens (tertiary/aromatic N) is 2. The lowest BCUT2D eigenvalue weighted by Crippen LogP contribution is -2.27. The highest BCUT2D eigenvalue weighted by Gasteiger charge is 2.28. The molecule has 3 nitrogen and oxygen atoms in total. The van der Waals surface area contributed by atoms with Crippen LogP contribution >= 0.6 is 27.3 Å². The maximum atomic E-state index is 11.8. The Bertz CT molecular complexity index is 438. The minimum atomic E-state index is 0.309. The highest BCUT2D eigenvalue weighted by Crippen LogP contribution is 2.28. The molecule has 1 saturated heterocycles. The number of fused-ring (bicyclic) bond motifs is 1. The number of halogens is 1. The molecule has 5 heteroatoms. The monoisotopic (exact) mass is 328 g/mol. The molecule has 1 aromatic rings. The van der Waals surface area contributed by atoms with Crippen LogP contribution in [0, 0.1) is 5.92 Å². The second kappa shape index (κ2) is 5.29. The van der Waals surface area contributed by atoms with Gasteiger partial charge in [-0.3, -0.25) is 4.79 Å². The number of rotatable bonds is 4. The lowest BCUT2D eigenvalue weighted by molar-refractivity contribution is -0.127. The molecule has 2 aliphatic rings. The molecule has 0 N–H and O–H groups in total. The number of carbonyl (C=O) groups excluding carboxylic acids is 1. The number of hydrogen-bond donors (Lipinski definition) is 0. The zero-order valence-electron chi connectivity index (χ0n) is 10.3. The van der Waals surface area contributed by atoms with Crippen LogP contribution in [0.25, 0.3) is 0 Å². The maximum Gasteiger partial charge on any atom is 0.222 e. The van der Waals surface area contributed by atoms with Crippen molar-refractivity contribution >= 4 is 33.2 Å². The number of amides is 1. The van der Waals surface area contributed by atoms with Crippen LogP contribution in [0.4, 0.5) is 0 Å². The summed E-state index contributed by atoms with van der Waals surface area (Å²) in [5, 5.41) is 2.15. The third-order valence-corrected chi connectivity index (χ3v) is 5.88. The number of thiazole rings is 1. The highest BCUT2D eigenvalue weighted by molar-refractivity contribution is 9.09. The van der Waals surface area contributed by atoms with Crippen molar-refractivity contribution in [3.05, 3.63) is 15.6 Å². The second-order valence-corrected chi connectivity index (χ2v) is 6.96. The van der Waals surface area contributed by atoms with E-state index in [1.165, 1.54) is 28.4 Å². The van der Waals surface area contributed by atoms with Gasteiger partial charge in [0.15, 0.2) is 0 Å². The van der Waals surface area contributed by atoms with Gasteiger partial charge in [-0.25, -0.2) is 4.98 Å². The van der Waals surface area contributed by atoms with Crippen LogP contribution in [0.3, 0.4) is 0 Å². The van der Waals surface area contributed by atoms with Crippen LogP contribution in [-0.2, 0) is 24.1 Å². The summed E-state index contributed by atoms with van der Waals surface area (Å²) in [6, 6.07) is 0. The van der Waals surface area contributed by atoms with E-state index in [0.717, 1.165) is 31.3 Å². The van der Waals surface area contributed by atoms with Gasteiger partial charge in [0.1, 0.15) is 0 Å². The molecule has 1 aliphatic heterocycles. The van der Waals surface area contributed by atoms with Crippen molar-refractivity contribution in [2.24, 2.45) is 5.92 Å². The predicted octanol–water partition coefficient (Wildman–Crippen LogP) is 2.42. The molecule has 3 rings (SSSR count). The van der Waals surface area contributed by atoms with E-state index < -0.39 is 0 Å². The molecule has 1 aliphatic carbocycles. The van der Waals surface area contributed by atoms with Crippen molar-refractivity contribution in [2.75, 3.05) is 18.4 Å². The third kappa shape index (κ3) is 2.48. The zero-order chi connectivity index (χ0) is 12.5. The summed E-state index contributed by atoms with van der Waals surface area (Å²) < 4.78 is 0. The first-order chi connectivity index (χ1) is 8.76. The largest absolute Gasteiger partial charge is 0.342 e. The number of aromatic nitrogens is 1. The maximum absolute atomic E-state index is 11.8. The molecular weight excluding hydrogens is 312 g/mol. The number of alkyl halides is 1. The number of likely N-dealkylation sites (tertiary alicyclic amines) is 1. The van der Waals surface area contributed by atoms with E-state index >= 15 is 0 Å². The highest BCUT2D eigenvalue weighted by atomic mass is 79.9. The SMILES string of the molecule is O=C1CC(CBr)CN1CCc1nc2c(s1)CCC2. The molecule has 0 aromatic carbocycles. The van der Waals surface area contributed by atoms with Gasteiger partial charge in [-0.15, -0.1) is 11.3 Å². The second-order valence-electron chi connectivity index (χ2n) is 5.15. The van der Waals surface area contributed by atoms with E-state index in [4.69, 9.17) is 0 Å². The first-order valence-electron chi connectivity index (χ1n) is 6.57. The summed E-state index contributed by atoms with van der Waals surface area (Å²) >= 11 is 5.32. The Morgan fingerprint density at radius 1 is 1.44 bits per heavy atom. The quantitative estimate of drug-likeness (QED) is 0.795. The molecule has 98 valence electrons.